The number of carboxylic acid groups (broad SMARTS) is 1. The standard InChI is InChI=1S/C23H40O6/c1-15(2)21-8-7-16(3)14-23(21)27-10-9-20(29-23)13-19-6-4-5-18(28-19)11-17(24)12-22(25)26/h15-21,24H,4-14H2,1-3H3,(H,25,26)/t16?,17-,18+,19-,20+,21+,23?/m1/s1. The first kappa shape index (κ1) is 23.0. The minimum Gasteiger partial charge on any atom is -0.481 e. The van der Waals surface area contributed by atoms with Gasteiger partial charge < -0.3 is 24.4 Å². The molecule has 2 saturated heterocycles. The van der Waals surface area contributed by atoms with Crippen LogP contribution >= 0.6 is 0 Å². The molecule has 2 N–H and O–H groups in total. The molecule has 2 unspecified atom stereocenters. The summed E-state index contributed by atoms with van der Waals surface area (Å²) in [7, 11) is 0. The van der Waals surface area contributed by atoms with Crippen molar-refractivity contribution in [3.05, 3.63) is 0 Å². The molecule has 3 aliphatic rings. The van der Waals surface area contributed by atoms with Crippen LogP contribution < -0.4 is 0 Å². The molecule has 168 valence electrons. The summed E-state index contributed by atoms with van der Waals surface area (Å²) >= 11 is 0. The lowest BCUT2D eigenvalue weighted by atomic mass is 9.72. The Balaban J connectivity index is 1.56. The van der Waals surface area contributed by atoms with Crippen molar-refractivity contribution in [2.75, 3.05) is 6.61 Å². The Morgan fingerprint density at radius 1 is 1.10 bits per heavy atom. The lowest BCUT2D eigenvalue weighted by Gasteiger charge is -2.51. The molecule has 6 nitrogen and oxygen atoms in total. The van der Waals surface area contributed by atoms with Gasteiger partial charge in [-0.25, -0.2) is 0 Å². The van der Waals surface area contributed by atoms with Crippen molar-refractivity contribution in [3.8, 4) is 0 Å². The van der Waals surface area contributed by atoms with E-state index in [0.717, 1.165) is 51.6 Å². The van der Waals surface area contributed by atoms with Crippen molar-refractivity contribution in [1.29, 1.82) is 0 Å². The van der Waals surface area contributed by atoms with Gasteiger partial charge in [0.1, 0.15) is 0 Å². The van der Waals surface area contributed by atoms with Crippen LogP contribution in [0.1, 0.15) is 85.0 Å². The summed E-state index contributed by atoms with van der Waals surface area (Å²) in [6, 6.07) is 0. The van der Waals surface area contributed by atoms with Gasteiger partial charge in [-0.05, 0) is 50.4 Å². The van der Waals surface area contributed by atoms with Crippen LogP contribution in [0.4, 0.5) is 0 Å². The van der Waals surface area contributed by atoms with Gasteiger partial charge >= 0.3 is 5.97 Å². The van der Waals surface area contributed by atoms with Gasteiger partial charge in [-0.3, -0.25) is 4.79 Å². The number of hydrogen-bond donors (Lipinski definition) is 2. The highest BCUT2D eigenvalue weighted by Gasteiger charge is 2.49. The van der Waals surface area contributed by atoms with Gasteiger partial charge in [-0.1, -0.05) is 27.2 Å². The molecule has 1 aliphatic carbocycles. The lowest BCUT2D eigenvalue weighted by molar-refractivity contribution is -0.342. The van der Waals surface area contributed by atoms with Gasteiger partial charge in [0, 0.05) is 18.8 Å². The van der Waals surface area contributed by atoms with Crippen LogP contribution in [0.3, 0.4) is 0 Å². The Labute approximate surface area is 175 Å². The van der Waals surface area contributed by atoms with Gasteiger partial charge in [0.25, 0.3) is 0 Å². The van der Waals surface area contributed by atoms with Gasteiger partial charge in [-0.2, -0.15) is 0 Å². The number of rotatable bonds is 7. The molecule has 0 aromatic rings. The minimum atomic E-state index is -0.966. The molecule has 7 atom stereocenters. The molecule has 3 rings (SSSR count). The van der Waals surface area contributed by atoms with E-state index >= 15 is 0 Å². The van der Waals surface area contributed by atoms with E-state index in [0.29, 0.717) is 24.2 Å². The molecule has 1 spiro atoms. The predicted molar refractivity (Wildman–Crippen MR) is 110 cm³/mol. The molecule has 0 radical (unpaired) electrons. The second-order valence-electron chi connectivity index (χ2n) is 9.96. The van der Waals surface area contributed by atoms with E-state index in [9.17, 15) is 9.90 Å². The van der Waals surface area contributed by atoms with Crippen molar-refractivity contribution in [3.63, 3.8) is 0 Å². The zero-order chi connectivity index (χ0) is 21.0. The van der Waals surface area contributed by atoms with Crippen LogP contribution in [0.5, 0.6) is 0 Å². The van der Waals surface area contributed by atoms with E-state index in [4.69, 9.17) is 19.3 Å². The Bertz CT molecular complexity index is 537. The molecule has 3 fully saturated rings. The maximum absolute atomic E-state index is 10.8. The van der Waals surface area contributed by atoms with Crippen molar-refractivity contribution < 1.29 is 29.2 Å². The number of aliphatic hydroxyl groups excluding tert-OH is 1. The first-order valence-electron chi connectivity index (χ1n) is 11.6. The molecule has 6 heteroatoms. The molecule has 1 saturated carbocycles. The monoisotopic (exact) mass is 412 g/mol. The molecule has 0 aromatic carbocycles. The summed E-state index contributed by atoms with van der Waals surface area (Å²) in [5.74, 6) is 0.183. The summed E-state index contributed by atoms with van der Waals surface area (Å²) in [5.41, 5.74) is 0. The smallest absolute Gasteiger partial charge is 0.305 e. The van der Waals surface area contributed by atoms with Crippen molar-refractivity contribution in [2.24, 2.45) is 17.8 Å². The highest BCUT2D eigenvalue weighted by molar-refractivity contribution is 5.67. The van der Waals surface area contributed by atoms with Crippen LogP contribution in [0, 0.1) is 17.8 Å². The average Bonchev–Trinajstić information content (AvgIpc) is 2.61. The number of aliphatic carboxylic acids is 1. The summed E-state index contributed by atoms with van der Waals surface area (Å²) in [4.78, 5) is 10.8. The largest absolute Gasteiger partial charge is 0.481 e. The van der Waals surface area contributed by atoms with Crippen LogP contribution in [0.25, 0.3) is 0 Å². The normalized spacial score (nSPS) is 39.6. The molecule has 2 aliphatic heterocycles. The first-order chi connectivity index (χ1) is 13.8. The highest BCUT2D eigenvalue weighted by atomic mass is 16.7. The van der Waals surface area contributed by atoms with Gasteiger partial charge in [-0.15, -0.1) is 0 Å². The van der Waals surface area contributed by atoms with E-state index < -0.39 is 17.9 Å². The van der Waals surface area contributed by atoms with Gasteiger partial charge in [0.05, 0.1) is 37.4 Å². The topological polar surface area (TPSA) is 85.2 Å². The van der Waals surface area contributed by atoms with E-state index in [1.165, 1.54) is 6.42 Å². The van der Waals surface area contributed by atoms with Gasteiger partial charge in [0.15, 0.2) is 5.79 Å². The summed E-state index contributed by atoms with van der Waals surface area (Å²) in [6.07, 6.45) is 7.61. The quantitative estimate of drug-likeness (QED) is 0.654. The van der Waals surface area contributed by atoms with Gasteiger partial charge in [0.2, 0.25) is 0 Å². The lowest BCUT2D eigenvalue weighted by Crippen LogP contribution is -2.55. The Kier molecular flexibility index (Phi) is 7.99. The maximum atomic E-state index is 10.8. The van der Waals surface area contributed by atoms with Crippen molar-refractivity contribution >= 4 is 5.97 Å². The zero-order valence-corrected chi connectivity index (χ0v) is 18.3. The fraction of sp³-hybridized carbons (Fsp3) is 0.957. The van der Waals surface area contributed by atoms with Crippen molar-refractivity contribution in [2.45, 2.75) is 115 Å². The second kappa shape index (κ2) is 10.1. The van der Waals surface area contributed by atoms with Crippen LogP contribution in [-0.4, -0.2) is 53.0 Å². The number of carbonyl (C=O) groups is 1. The summed E-state index contributed by atoms with van der Waals surface area (Å²) in [5, 5.41) is 18.8. The summed E-state index contributed by atoms with van der Waals surface area (Å²) < 4.78 is 19.3. The first-order valence-corrected chi connectivity index (χ1v) is 11.6. The third kappa shape index (κ3) is 6.16. The van der Waals surface area contributed by atoms with E-state index in [-0.39, 0.29) is 24.7 Å². The number of hydrogen-bond acceptors (Lipinski definition) is 5. The Hall–Kier alpha value is -0.690. The molecule has 2 heterocycles. The molecule has 0 bridgehead atoms. The number of ether oxygens (including phenoxy) is 3. The molecule has 0 amide bonds. The Morgan fingerprint density at radius 2 is 1.86 bits per heavy atom. The summed E-state index contributed by atoms with van der Waals surface area (Å²) in [6.45, 7) is 7.59. The zero-order valence-electron chi connectivity index (χ0n) is 18.3. The third-order valence-electron chi connectivity index (χ3n) is 7.03. The Morgan fingerprint density at radius 3 is 2.59 bits per heavy atom. The van der Waals surface area contributed by atoms with Crippen LogP contribution in [0.15, 0.2) is 0 Å². The van der Waals surface area contributed by atoms with E-state index in [1.54, 1.807) is 0 Å². The maximum Gasteiger partial charge on any atom is 0.305 e. The molecular weight excluding hydrogens is 372 g/mol. The van der Waals surface area contributed by atoms with Crippen LogP contribution in [-0.2, 0) is 19.0 Å². The fourth-order valence-electron chi connectivity index (χ4n) is 5.68. The molecule has 0 aromatic heterocycles. The third-order valence-corrected chi connectivity index (χ3v) is 7.03. The molecule has 29 heavy (non-hydrogen) atoms. The fourth-order valence-corrected chi connectivity index (χ4v) is 5.68. The molecular formula is C23H40O6. The average molecular weight is 413 g/mol. The van der Waals surface area contributed by atoms with Crippen LogP contribution in [0.2, 0.25) is 0 Å². The SMILES string of the molecule is CC1CC[C@@H](C(C)C)C2(C1)OCC[C@@H](C[C@H]1CCC[C@@H](C[C@@H](O)CC(=O)O)O1)O2. The second-order valence-corrected chi connectivity index (χ2v) is 9.96. The number of aliphatic hydroxyl groups is 1. The van der Waals surface area contributed by atoms with E-state index in [1.807, 2.05) is 0 Å². The number of carboxylic acids is 1. The predicted octanol–water partition coefficient (Wildman–Crippen LogP) is 4.13. The van der Waals surface area contributed by atoms with E-state index in [2.05, 4.69) is 20.8 Å². The highest BCUT2D eigenvalue weighted by Crippen LogP contribution is 2.47. The minimum absolute atomic E-state index is 0.0602. The van der Waals surface area contributed by atoms with Crippen molar-refractivity contribution in [1.82, 2.24) is 0 Å².